The van der Waals surface area contributed by atoms with Gasteiger partial charge in [-0.3, -0.25) is 4.79 Å². The first-order valence-electron chi connectivity index (χ1n) is 6.80. The number of rotatable bonds is 3. The number of nitrogens with zero attached hydrogens (tertiary/aromatic N) is 1. The zero-order chi connectivity index (χ0) is 15.5. The summed E-state index contributed by atoms with van der Waals surface area (Å²) in [5.74, 6) is -1.29. The molecule has 7 heteroatoms. The van der Waals surface area contributed by atoms with Gasteiger partial charge in [0.25, 0.3) is 0 Å². The van der Waals surface area contributed by atoms with Crippen molar-refractivity contribution in [3.63, 3.8) is 0 Å². The van der Waals surface area contributed by atoms with Crippen LogP contribution >= 0.6 is 11.8 Å². The summed E-state index contributed by atoms with van der Waals surface area (Å²) in [6.07, 6.45) is 0.604. The predicted molar refractivity (Wildman–Crippen MR) is 73.1 cm³/mol. The lowest BCUT2D eigenvalue weighted by atomic mass is 10.0. The largest absolute Gasteiger partial charge is 0.481 e. The van der Waals surface area contributed by atoms with Crippen LogP contribution in [0.4, 0.5) is 13.2 Å². The van der Waals surface area contributed by atoms with E-state index in [0.717, 1.165) is 37.9 Å². The zero-order valence-electron chi connectivity index (χ0n) is 11.3. The van der Waals surface area contributed by atoms with Crippen molar-refractivity contribution < 1.29 is 23.1 Å². The van der Waals surface area contributed by atoms with Gasteiger partial charge in [-0.05, 0) is 25.0 Å². The SMILES string of the molecule is O=C(O)C1CCCCCC1Sc1ccc(C(F)(F)F)cn1. The van der Waals surface area contributed by atoms with Crippen molar-refractivity contribution in [3.8, 4) is 0 Å². The molecule has 1 aromatic heterocycles. The Bertz CT molecular complexity index is 490. The fourth-order valence-corrected chi connectivity index (χ4v) is 3.74. The van der Waals surface area contributed by atoms with E-state index in [9.17, 15) is 23.1 Å². The van der Waals surface area contributed by atoms with Crippen molar-refractivity contribution in [1.82, 2.24) is 4.98 Å². The summed E-state index contributed by atoms with van der Waals surface area (Å²) in [6.45, 7) is 0. The lowest BCUT2D eigenvalue weighted by molar-refractivity contribution is -0.142. The molecule has 2 unspecified atom stereocenters. The van der Waals surface area contributed by atoms with Crippen LogP contribution in [0, 0.1) is 5.92 Å². The average Bonchev–Trinajstić information content (AvgIpc) is 2.64. The van der Waals surface area contributed by atoms with Gasteiger partial charge < -0.3 is 5.11 Å². The molecule has 0 amide bonds. The Morgan fingerprint density at radius 1 is 1.24 bits per heavy atom. The third-order valence-electron chi connectivity index (χ3n) is 3.61. The van der Waals surface area contributed by atoms with Gasteiger partial charge in [0.15, 0.2) is 0 Å². The van der Waals surface area contributed by atoms with Gasteiger partial charge in [-0.15, -0.1) is 11.8 Å². The van der Waals surface area contributed by atoms with Crippen molar-refractivity contribution >= 4 is 17.7 Å². The number of carbonyl (C=O) groups is 1. The molecule has 1 fully saturated rings. The minimum atomic E-state index is -4.40. The smallest absolute Gasteiger partial charge is 0.417 e. The molecule has 0 radical (unpaired) electrons. The van der Waals surface area contributed by atoms with E-state index < -0.39 is 23.6 Å². The van der Waals surface area contributed by atoms with E-state index in [2.05, 4.69) is 4.98 Å². The first kappa shape index (κ1) is 16.1. The summed E-state index contributed by atoms with van der Waals surface area (Å²) in [6, 6.07) is 2.30. The molecule has 21 heavy (non-hydrogen) atoms. The molecule has 1 aromatic rings. The number of alkyl halides is 3. The van der Waals surface area contributed by atoms with Crippen LogP contribution in [0.15, 0.2) is 23.4 Å². The minimum Gasteiger partial charge on any atom is -0.481 e. The van der Waals surface area contributed by atoms with E-state index in [1.54, 1.807) is 0 Å². The molecule has 0 bridgehead atoms. The third kappa shape index (κ3) is 4.36. The molecule has 0 aliphatic heterocycles. The Hall–Kier alpha value is -1.24. The number of hydrogen-bond acceptors (Lipinski definition) is 3. The second-order valence-electron chi connectivity index (χ2n) is 5.12. The maximum Gasteiger partial charge on any atom is 0.417 e. The molecule has 116 valence electrons. The van der Waals surface area contributed by atoms with Crippen molar-refractivity contribution in [2.45, 2.75) is 48.6 Å². The van der Waals surface area contributed by atoms with E-state index in [0.29, 0.717) is 11.4 Å². The monoisotopic (exact) mass is 319 g/mol. The standard InChI is InChI=1S/C14H16F3NO2S/c15-14(16,17)9-6-7-12(18-8-9)21-11-5-3-1-2-4-10(11)13(19)20/h6-8,10-11H,1-5H2,(H,19,20). The van der Waals surface area contributed by atoms with E-state index in [1.165, 1.54) is 17.8 Å². The molecule has 1 aliphatic rings. The van der Waals surface area contributed by atoms with Crippen LogP contribution in [-0.4, -0.2) is 21.3 Å². The number of hydrogen-bond donors (Lipinski definition) is 1. The first-order valence-corrected chi connectivity index (χ1v) is 7.68. The highest BCUT2D eigenvalue weighted by Crippen LogP contribution is 2.37. The fraction of sp³-hybridized carbons (Fsp3) is 0.571. The number of carboxylic acids is 1. The molecule has 0 saturated heterocycles. The minimum absolute atomic E-state index is 0.130. The second-order valence-corrected chi connectivity index (χ2v) is 6.38. The van der Waals surface area contributed by atoms with E-state index in [4.69, 9.17) is 0 Å². The van der Waals surface area contributed by atoms with Gasteiger partial charge in [-0.1, -0.05) is 19.3 Å². The summed E-state index contributed by atoms with van der Waals surface area (Å²) in [7, 11) is 0. The summed E-state index contributed by atoms with van der Waals surface area (Å²) >= 11 is 1.27. The first-order chi connectivity index (χ1) is 9.88. The maximum absolute atomic E-state index is 12.5. The van der Waals surface area contributed by atoms with Crippen LogP contribution in [0.5, 0.6) is 0 Å². The van der Waals surface area contributed by atoms with Crippen LogP contribution in [0.25, 0.3) is 0 Å². The highest BCUT2D eigenvalue weighted by Gasteiger charge is 2.32. The highest BCUT2D eigenvalue weighted by atomic mass is 32.2. The normalized spacial score (nSPS) is 23.6. The van der Waals surface area contributed by atoms with Crippen molar-refractivity contribution in [1.29, 1.82) is 0 Å². The number of aliphatic carboxylic acids is 1. The van der Waals surface area contributed by atoms with Crippen LogP contribution < -0.4 is 0 Å². The molecular formula is C14H16F3NO2S. The Labute approximate surface area is 125 Å². The fourth-order valence-electron chi connectivity index (χ4n) is 2.47. The van der Waals surface area contributed by atoms with Gasteiger partial charge in [0.05, 0.1) is 16.5 Å². The number of pyridine rings is 1. The zero-order valence-corrected chi connectivity index (χ0v) is 12.1. The lowest BCUT2D eigenvalue weighted by Crippen LogP contribution is -2.24. The molecule has 1 N–H and O–H groups in total. The Kier molecular flexibility index (Phi) is 5.13. The summed E-state index contributed by atoms with van der Waals surface area (Å²) < 4.78 is 37.4. The topological polar surface area (TPSA) is 50.2 Å². The Morgan fingerprint density at radius 3 is 2.52 bits per heavy atom. The van der Waals surface area contributed by atoms with Gasteiger partial charge >= 0.3 is 12.1 Å². The number of carboxylic acid groups (broad SMARTS) is 1. The van der Waals surface area contributed by atoms with Gasteiger partial charge in [-0.25, -0.2) is 4.98 Å². The number of halogens is 3. The predicted octanol–water partition coefficient (Wildman–Crippen LogP) is 4.23. The highest BCUT2D eigenvalue weighted by molar-refractivity contribution is 7.99. The van der Waals surface area contributed by atoms with Crippen LogP contribution in [0.2, 0.25) is 0 Å². The van der Waals surface area contributed by atoms with Crippen molar-refractivity contribution in [2.75, 3.05) is 0 Å². The van der Waals surface area contributed by atoms with Crippen LogP contribution in [0.1, 0.15) is 37.7 Å². The molecule has 1 heterocycles. The summed E-state index contributed by atoms with van der Waals surface area (Å²) in [4.78, 5) is 15.1. The molecule has 2 rings (SSSR count). The third-order valence-corrected chi connectivity index (χ3v) is 4.96. The molecular weight excluding hydrogens is 303 g/mol. The Morgan fingerprint density at radius 2 is 1.95 bits per heavy atom. The molecule has 0 aromatic carbocycles. The Balaban J connectivity index is 2.09. The lowest BCUT2D eigenvalue weighted by Gasteiger charge is -2.20. The summed E-state index contributed by atoms with van der Waals surface area (Å²) in [5.41, 5.74) is -0.789. The maximum atomic E-state index is 12.5. The molecule has 2 atom stereocenters. The van der Waals surface area contributed by atoms with Crippen LogP contribution in [-0.2, 0) is 11.0 Å². The average molecular weight is 319 g/mol. The van der Waals surface area contributed by atoms with Gasteiger partial charge in [-0.2, -0.15) is 13.2 Å². The van der Waals surface area contributed by atoms with E-state index in [-0.39, 0.29) is 5.25 Å². The van der Waals surface area contributed by atoms with Crippen molar-refractivity contribution in [3.05, 3.63) is 23.9 Å². The number of thioether (sulfide) groups is 1. The molecule has 0 spiro atoms. The van der Waals surface area contributed by atoms with Gasteiger partial charge in [0.2, 0.25) is 0 Å². The van der Waals surface area contributed by atoms with E-state index >= 15 is 0 Å². The quantitative estimate of drug-likeness (QED) is 0.847. The van der Waals surface area contributed by atoms with E-state index in [1.807, 2.05) is 0 Å². The van der Waals surface area contributed by atoms with Crippen LogP contribution in [0.3, 0.4) is 0 Å². The van der Waals surface area contributed by atoms with Gasteiger partial charge in [0.1, 0.15) is 0 Å². The second kappa shape index (κ2) is 6.68. The molecule has 1 aliphatic carbocycles. The molecule has 1 saturated carbocycles. The molecule has 3 nitrogen and oxygen atoms in total. The van der Waals surface area contributed by atoms with Crippen molar-refractivity contribution in [2.24, 2.45) is 5.92 Å². The summed E-state index contributed by atoms with van der Waals surface area (Å²) in [5, 5.41) is 9.60. The van der Waals surface area contributed by atoms with Gasteiger partial charge in [0, 0.05) is 11.4 Å². The number of aromatic nitrogens is 1.